The highest BCUT2D eigenvalue weighted by Crippen LogP contribution is 2.31. The van der Waals surface area contributed by atoms with Gasteiger partial charge < -0.3 is 0 Å². The van der Waals surface area contributed by atoms with Crippen LogP contribution in [0.5, 0.6) is 0 Å². The van der Waals surface area contributed by atoms with Crippen molar-refractivity contribution in [3.05, 3.63) is 113 Å². The molecular weight excluding hydrogens is 405 g/mol. The standard InChI is InChI=1S/C31H31FN/c1-22-8-6-7-9-28(22)29-21-33(5)30(24-14-16-26(17-15-24)31(2,3)4)20-25(29)13-10-23-11-18-27(32)19-12-23/h6-21H,1-5H3/q+1/b13-10+. The lowest BCUT2D eigenvalue weighted by molar-refractivity contribution is -0.659. The van der Waals surface area contributed by atoms with E-state index in [4.69, 9.17) is 0 Å². The number of pyridine rings is 1. The minimum atomic E-state index is -0.222. The van der Waals surface area contributed by atoms with Crippen molar-refractivity contribution in [1.29, 1.82) is 0 Å². The van der Waals surface area contributed by atoms with Crippen LogP contribution in [0.2, 0.25) is 0 Å². The molecule has 166 valence electrons. The van der Waals surface area contributed by atoms with Crippen LogP contribution in [0.25, 0.3) is 34.5 Å². The second-order valence-corrected chi connectivity index (χ2v) is 9.67. The van der Waals surface area contributed by atoms with Crippen LogP contribution in [0.15, 0.2) is 85.1 Å². The number of benzene rings is 3. The zero-order chi connectivity index (χ0) is 23.6. The van der Waals surface area contributed by atoms with E-state index < -0.39 is 0 Å². The first-order valence-corrected chi connectivity index (χ1v) is 11.4. The molecule has 0 atom stereocenters. The Bertz CT molecular complexity index is 1290. The van der Waals surface area contributed by atoms with Gasteiger partial charge in [0, 0.05) is 11.6 Å². The summed E-state index contributed by atoms with van der Waals surface area (Å²) in [6.07, 6.45) is 6.38. The van der Waals surface area contributed by atoms with Gasteiger partial charge >= 0.3 is 0 Å². The Morgan fingerprint density at radius 3 is 2.09 bits per heavy atom. The van der Waals surface area contributed by atoms with Gasteiger partial charge in [0.1, 0.15) is 12.9 Å². The predicted molar refractivity (Wildman–Crippen MR) is 137 cm³/mol. The Kier molecular flexibility index (Phi) is 6.29. The minimum Gasteiger partial charge on any atom is -0.207 e. The molecule has 4 rings (SSSR count). The molecule has 0 aliphatic carbocycles. The molecule has 4 aromatic rings. The maximum atomic E-state index is 13.3. The molecule has 1 heterocycles. The van der Waals surface area contributed by atoms with Crippen molar-refractivity contribution in [2.75, 3.05) is 0 Å². The Labute approximate surface area is 196 Å². The molecule has 0 radical (unpaired) electrons. The molecule has 0 aliphatic heterocycles. The second kappa shape index (κ2) is 9.15. The summed E-state index contributed by atoms with van der Waals surface area (Å²) in [5.41, 5.74) is 9.48. The van der Waals surface area contributed by atoms with E-state index in [9.17, 15) is 4.39 Å². The van der Waals surface area contributed by atoms with Crippen LogP contribution in [0.1, 0.15) is 43.0 Å². The summed E-state index contributed by atoms with van der Waals surface area (Å²) in [7, 11) is 2.10. The van der Waals surface area contributed by atoms with Crippen molar-refractivity contribution < 1.29 is 8.96 Å². The van der Waals surface area contributed by atoms with Gasteiger partial charge in [-0.1, -0.05) is 81.5 Å². The molecule has 1 nitrogen and oxygen atoms in total. The lowest BCUT2D eigenvalue weighted by Crippen LogP contribution is -2.31. The average Bonchev–Trinajstić information content (AvgIpc) is 2.79. The Morgan fingerprint density at radius 1 is 0.788 bits per heavy atom. The lowest BCUT2D eigenvalue weighted by atomic mass is 9.86. The smallest absolute Gasteiger partial charge is 0.207 e. The molecule has 0 amide bonds. The fourth-order valence-electron chi connectivity index (χ4n) is 4.09. The van der Waals surface area contributed by atoms with Crippen molar-refractivity contribution >= 4 is 12.2 Å². The van der Waals surface area contributed by atoms with E-state index in [1.165, 1.54) is 39.9 Å². The van der Waals surface area contributed by atoms with Gasteiger partial charge in [-0.2, -0.15) is 0 Å². The molecule has 0 bridgehead atoms. The topological polar surface area (TPSA) is 3.88 Å². The van der Waals surface area contributed by atoms with Crippen LogP contribution >= 0.6 is 0 Å². The molecule has 1 aromatic heterocycles. The van der Waals surface area contributed by atoms with Crippen molar-refractivity contribution in [3.8, 4) is 22.4 Å². The van der Waals surface area contributed by atoms with E-state index in [0.29, 0.717) is 0 Å². The summed E-state index contributed by atoms with van der Waals surface area (Å²) in [5, 5.41) is 0. The minimum absolute atomic E-state index is 0.123. The monoisotopic (exact) mass is 436 g/mol. The Hall–Kier alpha value is -3.52. The largest absolute Gasteiger partial charge is 0.212 e. The molecular formula is C31H31FN+. The number of hydrogen-bond donors (Lipinski definition) is 0. The van der Waals surface area contributed by atoms with Crippen LogP contribution in [0.4, 0.5) is 4.39 Å². The first-order valence-electron chi connectivity index (χ1n) is 11.4. The maximum absolute atomic E-state index is 13.3. The molecule has 0 saturated heterocycles. The average molecular weight is 437 g/mol. The second-order valence-electron chi connectivity index (χ2n) is 9.67. The van der Waals surface area contributed by atoms with E-state index in [-0.39, 0.29) is 11.2 Å². The molecule has 0 fully saturated rings. The van der Waals surface area contributed by atoms with Crippen molar-refractivity contribution in [2.24, 2.45) is 7.05 Å². The van der Waals surface area contributed by atoms with Gasteiger partial charge in [0.25, 0.3) is 0 Å². The van der Waals surface area contributed by atoms with Gasteiger partial charge in [0.2, 0.25) is 5.69 Å². The highest BCUT2D eigenvalue weighted by Gasteiger charge is 2.18. The number of rotatable bonds is 4. The van der Waals surface area contributed by atoms with Crippen LogP contribution < -0.4 is 4.57 Å². The van der Waals surface area contributed by atoms with Crippen molar-refractivity contribution in [2.45, 2.75) is 33.1 Å². The number of hydrogen-bond acceptors (Lipinski definition) is 0. The summed E-state index contributed by atoms with van der Waals surface area (Å²) in [6.45, 7) is 8.84. The van der Waals surface area contributed by atoms with E-state index >= 15 is 0 Å². The van der Waals surface area contributed by atoms with Gasteiger partial charge in [-0.25, -0.2) is 8.96 Å². The number of nitrogens with zero attached hydrogens (tertiary/aromatic N) is 1. The third-order valence-corrected chi connectivity index (χ3v) is 6.11. The van der Waals surface area contributed by atoms with E-state index in [2.05, 4.69) is 106 Å². The summed E-state index contributed by atoms with van der Waals surface area (Å²) in [5.74, 6) is -0.222. The fourth-order valence-corrected chi connectivity index (χ4v) is 4.09. The zero-order valence-corrected chi connectivity index (χ0v) is 20.1. The van der Waals surface area contributed by atoms with Crippen LogP contribution in [-0.2, 0) is 12.5 Å². The third-order valence-electron chi connectivity index (χ3n) is 6.11. The molecule has 0 spiro atoms. The lowest BCUT2D eigenvalue weighted by Gasteiger charge is -2.19. The van der Waals surface area contributed by atoms with Crippen LogP contribution in [0.3, 0.4) is 0 Å². The van der Waals surface area contributed by atoms with Crippen molar-refractivity contribution in [1.82, 2.24) is 0 Å². The molecule has 2 heteroatoms. The Morgan fingerprint density at radius 2 is 1.45 bits per heavy atom. The van der Waals surface area contributed by atoms with E-state index in [0.717, 1.165) is 16.8 Å². The molecule has 0 saturated carbocycles. The number of aryl methyl sites for hydroxylation is 2. The third kappa shape index (κ3) is 5.12. The normalized spacial score (nSPS) is 11.8. The van der Waals surface area contributed by atoms with Crippen LogP contribution in [0, 0.1) is 12.7 Å². The molecule has 3 aromatic carbocycles. The van der Waals surface area contributed by atoms with E-state index in [1.807, 2.05) is 6.08 Å². The van der Waals surface area contributed by atoms with Gasteiger partial charge in [0.15, 0.2) is 6.20 Å². The van der Waals surface area contributed by atoms with Gasteiger partial charge in [-0.3, -0.25) is 0 Å². The first-order chi connectivity index (χ1) is 15.7. The van der Waals surface area contributed by atoms with Gasteiger partial charge in [-0.15, -0.1) is 0 Å². The number of aromatic nitrogens is 1. The molecule has 0 aliphatic rings. The highest BCUT2D eigenvalue weighted by atomic mass is 19.1. The van der Waals surface area contributed by atoms with E-state index in [1.54, 1.807) is 12.1 Å². The summed E-state index contributed by atoms with van der Waals surface area (Å²) < 4.78 is 15.5. The summed E-state index contributed by atoms with van der Waals surface area (Å²) >= 11 is 0. The highest BCUT2D eigenvalue weighted by molar-refractivity contribution is 5.82. The van der Waals surface area contributed by atoms with Crippen molar-refractivity contribution in [3.63, 3.8) is 0 Å². The first kappa shape index (κ1) is 22.7. The van der Waals surface area contributed by atoms with Crippen LogP contribution in [-0.4, -0.2) is 0 Å². The summed E-state index contributed by atoms with van der Waals surface area (Å²) in [6, 6.07) is 26.1. The van der Waals surface area contributed by atoms with Gasteiger partial charge in [-0.05, 0) is 64.4 Å². The fraction of sp³-hybridized carbons (Fsp3) is 0.194. The predicted octanol–water partition coefficient (Wildman–Crippen LogP) is 7.76. The summed E-state index contributed by atoms with van der Waals surface area (Å²) in [4.78, 5) is 0. The number of halogens is 1. The molecule has 0 unspecified atom stereocenters. The Balaban J connectivity index is 1.84. The quantitative estimate of drug-likeness (QED) is 0.288. The molecule has 0 N–H and O–H groups in total. The van der Waals surface area contributed by atoms with Gasteiger partial charge in [0.05, 0.1) is 5.56 Å². The zero-order valence-electron chi connectivity index (χ0n) is 20.1. The maximum Gasteiger partial charge on any atom is 0.212 e. The molecule has 33 heavy (non-hydrogen) atoms. The SMILES string of the molecule is Cc1ccccc1-c1c[n+](C)c(-c2ccc(C(C)(C)C)cc2)cc1/C=C/c1ccc(F)cc1.